The summed E-state index contributed by atoms with van der Waals surface area (Å²) in [7, 11) is 1.30. The molecule has 4 nitrogen and oxygen atoms in total. The Kier molecular flexibility index (Phi) is 5.59. The standard InChI is InChI=1S/C17H24O4/c1-3-4-5-12-6-8-13(9-7-12)16(18)14-10-11-15(21-14)17(19)20-2/h10-13H,3-9H2,1-2H3. The summed E-state index contributed by atoms with van der Waals surface area (Å²) in [4.78, 5) is 23.7. The molecule has 0 N–H and O–H groups in total. The van der Waals surface area contributed by atoms with E-state index in [1.54, 1.807) is 6.07 Å². The van der Waals surface area contributed by atoms with Crippen molar-refractivity contribution in [2.45, 2.75) is 51.9 Å². The summed E-state index contributed by atoms with van der Waals surface area (Å²) in [6, 6.07) is 3.09. The number of ether oxygens (including phenoxy) is 1. The van der Waals surface area contributed by atoms with Crippen molar-refractivity contribution in [2.24, 2.45) is 11.8 Å². The van der Waals surface area contributed by atoms with Crippen LogP contribution in [0.4, 0.5) is 0 Å². The van der Waals surface area contributed by atoms with Gasteiger partial charge in [0.1, 0.15) is 0 Å². The second-order valence-corrected chi connectivity index (χ2v) is 5.88. The molecule has 0 spiro atoms. The lowest BCUT2D eigenvalue weighted by molar-refractivity contribution is 0.0561. The minimum Gasteiger partial charge on any atom is -0.463 e. The van der Waals surface area contributed by atoms with Gasteiger partial charge in [-0.2, -0.15) is 0 Å². The van der Waals surface area contributed by atoms with Crippen LogP contribution in [0.5, 0.6) is 0 Å². The zero-order chi connectivity index (χ0) is 15.2. The highest BCUT2D eigenvalue weighted by molar-refractivity contribution is 5.96. The van der Waals surface area contributed by atoms with Crippen molar-refractivity contribution in [1.29, 1.82) is 0 Å². The monoisotopic (exact) mass is 292 g/mol. The van der Waals surface area contributed by atoms with Gasteiger partial charge >= 0.3 is 5.97 Å². The molecule has 1 aliphatic rings. The van der Waals surface area contributed by atoms with E-state index < -0.39 is 5.97 Å². The van der Waals surface area contributed by atoms with Crippen LogP contribution in [-0.4, -0.2) is 18.9 Å². The smallest absolute Gasteiger partial charge is 0.373 e. The number of hydrogen-bond donors (Lipinski definition) is 0. The van der Waals surface area contributed by atoms with Crippen LogP contribution < -0.4 is 0 Å². The van der Waals surface area contributed by atoms with Gasteiger partial charge in [0.2, 0.25) is 11.5 Å². The molecule has 1 aliphatic carbocycles. The van der Waals surface area contributed by atoms with Crippen molar-refractivity contribution in [3.63, 3.8) is 0 Å². The summed E-state index contributed by atoms with van der Waals surface area (Å²) >= 11 is 0. The molecule has 0 unspecified atom stereocenters. The lowest BCUT2D eigenvalue weighted by Gasteiger charge is -2.27. The zero-order valence-electron chi connectivity index (χ0n) is 12.9. The van der Waals surface area contributed by atoms with E-state index in [4.69, 9.17) is 4.42 Å². The maximum Gasteiger partial charge on any atom is 0.373 e. The number of ketones is 1. The SMILES string of the molecule is CCCCC1CCC(C(=O)c2ccc(C(=O)OC)o2)CC1. The van der Waals surface area contributed by atoms with Gasteiger partial charge in [-0.15, -0.1) is 0 Å². The highest BCUT2D eigenvalue weighted by Gasteiger charge is 2.29. The van der Waals surface area contributed by atoms with E-state index in [1.165, 1.54) is 32.4 Å². The molecular formula is C17H24O4. The normalized spacial score (nSPS) is 22.0. The average Bonchev–Trinajstić information content (AvgIpc) is 3.02. The molecule has 2 rings (SSSR count). The molecule has 0 aliphatic heterocycles. The fourth-order valence-corrected chi connectivity index (χ4v) is 3.09. The number of rotatable bonds is 6. The molecule has 0 aromatic carbocycles. The number of furan rings is 1. The van der Waals surface area contributed by atoms with Crippen LogP contribution in [0.1, 0.15) is 73.0 Å². The third-order valence-corrected chi connectivity index (χ3v) is 4.42. The Labute approximate surface area is 125 Å². The molecule has 1 heterocycles. The number of hydrogen-bond acceptors (Lipinski definition) is 4. The number of carbonyl (C=O) groups is 2. The Morgan fingerprint density at radius 2 is 1.86 bits per heavy atom. The number of unbranched alkanes of at least 4 members (excludes halogenated alkanes) is 1. The minimum atomic E-state index is -0.544. The summed E-state index contributed by atoms with van der Waals surface area (Å²) in [5, 5.41) is 0. The highest BCUT2D eigenvalue weighted by Crippen LogP contribution is 2.33. The number of esters is 1. The van der Waals surface area contributed by atoms with Crippen LogP contribution in [-0.2, 0) is 4.74 Å². The van der Waals surface area contributed by atoms with Crippen molar-refractivity contribution < 1.29 is 18.7 Å². The molecule has 1 saturated carbocycles. The Morgan fingerprint density at radius 3 is 2.48 bits per heavy atom. The molecule has 0 bridgehead atoms. The van der Waals surface area contributed by atoms with Crippen molar-refractivity contribution in [2.75, 3.05) is 7.11 Å². The molecule has 1 fully saturated rings. The molecule has 4 heteroatoms. The van der Waals surface area contributed by atoms with Crippen LogP contribution in [0.3, 0.4) is 0 Å². The van der Waals surface area contributed by atoms with Gasteiger partial charge in [0, 0.05) is 5.92 Å². The maximum atomic E-state index is 12.4. The van der Waals surface area contributed by atoms with Gasteiger partial charge < -0.3 is 9.15 Å². The van der Waals surface area contributed by atoms with Crippen LogP contribution in [0.2, 0.25) is 0 Å². The van der Waals surface area contributed by atoms with Gasteiger partial charge in [-0.05, 0) is 43.7 Å². The lowest BCUT2D eigenvalue weighted by Crippen LogP contribution is -2.21. The Morgan fingerprint density at radius 1 is 1.19 bits per heavy atom. The predicted octanol–water partition coefficient (Wildman–Crippen LogP) is 4.25. The summed E-state index contributed by atoms with van der Waals surface area (Å²) in [5.41, 5.74) is 0. The average molecular weight is 292 g/mol. The van der Waals surface area contributed by atoms with Gasteiger partial charge in [0.25, 0.3) is 0 Å². The van der Waals surface area contributed by atoms with E-state index in [0.717, 1.165) is 31.6 Å². The van der Waals surface area contributed by atoms with Gasteiger partial charge in [-0.1, -0.05) is 26.2 Å². The number of carbonyl (C=O) groups excluding carboxylic acids is 2. The van der Waals surface area contributed by atoms with Crippen molar-refractivity contribution in [3.8, 4) is 0 Å². The van der Waals surface area contributed by atoms with Gasteiger partial charge in [-0.3, -0.25) is 4.79 Å². The van der Waals surface area contributed by atoms with E-state index in [0.29, 0.717) is 0 Å². The quantitative estimate of drug-likeness (QED) is 0.581. The molecule has 116 valence electrons. The van der Waals surface area contributed by atoms with Crippen molar-refractivity contribution >= 4 is 11.8 Å². The van der Waals surface area contributed by atoms with Crippen LogP contribution in [0, 0.1) is 11.8 Å². The Bertz CT molecular complexity index is 481. The second-order valence-electron chi connectivity index (χ2n) is 5.88. The van der Waals surface area contributed by atoms with Gasteiger partial charge in [0.15, 0.2) is 5.76 Å². The predicted molar refractivity (Wildman–Crippen MR) is 79.4 cm³/mol. The number of Topliss-reactive ketones (excluding diaryl/α,β-unsaturated/α-hetero) is 1. The molecular weight excluding hydrogens is 268 g/mol. The third kappa shape index (κ3) is 3.96. The second kappa shape index (κ2) is 7.43. The largest absolute Gasteiger partial charge is 0.463 e. The van der Waals surface area contributed by atoms with E-state index >= 15 is 0 Å². The van der Waals surface area contributed by atoms with E-state index in [1.807, 2.05) is 0 Å². The van der Waals surface area contributed by atoms with E-state index in [9.17, 15) is 9.59 Å². The molecule has 0 radical (unpaired) electrons. The van der Waals surface area contributed by atoms with Crippen LogP contribution in [0.25, 0.3) is 0 Å². The van der Waals surface area contributed by atoms with E-state index in [2.05, 4.69) is 11.7 Å². The Hall–Kier alpha value is -1.58. The summed E-state index contributed by atoms with van der Waals surface area (Å²) in [5.74, 6) is 0.678. The molecule has 1 aromatic rings. The van der Waals surface area contributed by atoms with Crippen LogP contribution in [0.15, 0.2) is 16.5 Å². The van der Waals surface area contributed by atoms with Gasteiger partial charge in [0.05, 0.1) is 7.11 Å². The fraction of sp³-hybridized carbons (Fsp3) is 0.647. The first kappa shape index (κ1) is 15.8. The zero-order valence-corrected chi connectivity index (χ0v) is 12.9. The molecule has 0 atom stereocenters. The van der Waals surface area contributed by atoms with Crippen LogP contribution >= 0.6 is 0 Å². The van der Waals surface area contributed by atoms with E-state index in [-0.39, 0.29) is 23.2 Å². The summed E-state index contributed by atoms with van der Waals surface area (Å²) in [6.45, 7) is 2.21. The van der Waals surface area contributed by atoms with Crippen molar-refractivity contribution in [1.82, 2.24) is 0 Å². The third-order valence-electron chi connectivity index (χ3n) is 4.42. The Balaban J connectivity index is 1.90. The lowest BCUT2D eigenvalue weighted by atomic mass is 9.78. The first-order valence-corrected chi connectivity index (χ1v) is 7.88. The number of methoxy groups -OCH3 is 1. The van der Waals surface area contributed by atoms with Crippen molar-refractivity contribution in [3.05, 3.63) is 23.7 Å². The first-order chi connectivity index (χ1) is 10.2. The fourth-order valence-electron chi connectivity index (χ4n) is 3.09. The first-order valence-electron chi connectivity index (χ1n) is 7.88. The summed E-state index contributed by atoms with van der Waals surface area (Å²) < 4.78 is 9.90. The highest BCUT2D eigenvalue weighted by atomic mass is 16.5. The molecule has 0 amide bonds. The van der Waals surface area contributed by atoms with Gasteiger partial charge in [-0.25, -0.2) is 4.79 Å². The topological polar surface area (TPSA) is 56.5 Å². The molecule has 0 saturated heterocycles. The molecule has 21 heavy (non-hydrogen) atoms. The minimum absolute atomic E-state index is 0.0269. The molecule has 1 aromatic heterocycles. The summed E-state index contributed by atoms with van der Waals surface area (Å²) in [6.07, 6.45) is 7.92. The maximum absolute atomic E-state index is 12.4.